The number of nitrogens with one attached hydrogen (secondary N) is 1. The molecule has 3 N–H and O–H groups in total. The number of amides is 1. The Hall–Kier alpha value is -2.36. The summed E-state index contributed by atoms with van der Waals surface area (Å²) in [5, 5.41) is 3.17. The molecule has 0 saturated carbocycles. The molecule has 0 radical (unpaired) electrons. The number of halogens is 1. The zero-order valence-corrected chi connectivity index (χ0v) is 12.2. The van der Waals surface area contributed by atoms with E-state index in [0.29, 0.717) is 6.42 Å². The van der Waals surface area contributed by atoms with Gasteiger partial charge in [-0.1, -0.05) is 24.3 Å². The van der Waals surface area contributed by atoms with Gasteiger partial charge in [0.05, 0.1) is 0 Å². The number of rotatable bonds is 5. The van der Waals surface area contributed by atoms with Crippen molar-refractivity contribution in [3.05, 3.63) is 65.5 Å². The molecule has 1 atom stereocenters. The normalized spacial score (nSPS) is 13.5. The second kappa shape index (κ2) is 5.95. The van der Waals surface area contributed by atoms with Crippen molar-refractivity contribution in [2.24, 2.45) is 5.73 Å². The second-order valence-corrected chi connectivity index (χ2v) is 5.50. The summed E-state index contributed by atoms with van der Waals surface area (Å²) in [4.78, 5) is 11.9. The van der Waals surface area contributed by atoms with Gasteiger partial charge in [0.15, 0.2) is 0 Å². The van der Waals surface area contributed by atoms with Crippen molar-refractivity contribution >= 4 is 11.6 Å². The summed E-state index contributed by atoms with van der Waals surface area (Å²) in [6, 6.07) is 13.9. The van der Waals surface area contributed by atoms with Gasteiger partial charge in [-0.25, -0.2) is 4.39 Å². The fourth-order valence-electron chi connectivity index (χ4n) is 2.29. The van der Waals surface area contributed by atoms with Crippen molar-refractivity contribution in [1.29, 1.82) is 0 Å². The van der Waals surface area contributed by atoms with Crippen molar-refractivity contribution in [3.8, 4) is 0 Å². The lowest BCUT2D eigenvalue weighted by molar-refractivity contribution is -0.121. The molecule has 21 heavy (non-hydrogen) atoms. The molecular weight excluding hydrogens is 267 g/mol. The molecule has 1 amide bonds. The molecule has 2 aromatic rings. The summed E-state index contributed by atoms with van der Waals surface area (Å²) in [6.45, 7) is 3.70. The standard InChI is InChI=1S/C17H19FN2O/c1-12-5-3-8-15(9-12)20-17(2,16(19)21)11-13-6-4-7-14(18)10-13/h3-10,20H,11H2,1-2H3,(H2,19,21). The van der Waals surface area contributed by atoms with Crippen LogP contribution in [0.5, 0.6) is 0 Å². The fourth-order valence-corrected chi connectivity index (χ4v) is 2.29. The van der Waals surface area contributed by atoms with Gasteiger partial charge in [-0.05, 0) is 49.2 Å². The van der Waals surface area contributed by atoms with E-state index >= 15 is 0 Å². The largest absolute Gasteiger partial charge is 0.371 e. The zero-order valence-electron chi connectivity index (χ0n) is 12.2. The Kier molecular flexibility index (Phi) is 4.26. The minimum Gasteiger partial charge on any atom is -0.371 e. The average molecular weight is 286 g/mol. The van der Waals surface area contributed by atoms with Crippen molar-refractivity contribution in [1.82, 2.24) is 0 Å². The van der Waals surface area contributed by atoms with E-state index in [1.807, 2.05) is 31.2 Å². The van der Waals surface area contributed by atoms with Gasteiger partial charge >= 0.3 is 0 Å². The van der Waals surface area contributed by atoms with Gasteiger partial charge in [0.25, 0.3) is 0 Å². The highest BCUT2D eigenvalue weighted by molar-refractivity contribution is 5.87. The molecule has 0 spiro atoms. The fraction of sp³-hybridized carbons (Fsp3) is 0.235. The maximum absolute atomic E-state index is 13.3. The summed E-state index contributed by atoms with van der Waals surface area (Å²) in [5.41, 5.74) is 7.18. The lowest BCUT2D eigenvalue weighted by Gasteiger charge is -2.29. The summed E-state index contributed by atoms with van der Waals surface area (Å²) < 4.78 is 13.3. The van der Waals surface area contributed by atoms with Gasteiger partial charge in [-0.2, -0.15) is 0 Å². The minimum atomic E-state index is -0.985. The number of benzene rings is 2. The summed E-state index contributed by atoms with van der Waals surface area (Å²) in [6.07, 6.45) is 0.314. The van der Waals surface area contributed by atoms with Gasteiger partial charge in [0.2, 0.25) is 5.91 Å². The van der Waals surface area contributed by atoms with E-state index in [2.05, 4.69) is 5.32 Å². The van der Waals surface area contributed by atoms with Crippen LogP contribution in [-0.4, -0.2) is 11.4 Å². The molecule has 2 rings (SSSR count). The van der Waals surface area contributed by atoms with E-state index in [9.17, 15) is 9.18 Å². The third-order valence-electron chi connectivity index (χ3n) is 3.43. The first-order chi connectivity index (χ1) is 9.89. The molecule has 110 valence electrons. The van der Waals surface area contributed by atoms with Crippen molar-refractivity contribution in [2.75, 3.05) is 5.32 Å². The predicted molar refractivity (Wildman–Crippen MR) is 82.5 cm³/mol. The van der Waals surface area contributed by atoms with Gasteiger partial charge < -0.3 is 11.1 Å². The summed E-state index contributed by atoms with van der Waals surface area (Å²) in [7, 11) is 0. The zero-order chi connectivity index (χ0) is 15.5. The second-order valence-electron chi connectivity index (χ2n) is 5.50. The maximum Gasteiger partial charge on any atom is 0.243 e. The van der Waals surface area contributed by atoms with Crippen LogP contribution in [0.3, 0.4) is 0 Å². The van der Waals surface area contributed by atoms with Crippen molar-refractivity contribution in [3.63, 3.8) is 0 Å². The minimum absolute atomic E-state index is 0.314. The maximum atomic E-state index is 13.3. The third kappa shape index (κ3) is 3.81. The highest BCUT2D eigenvalue weighted by Crippen LogP contribution is 2.21. The van der Waals surface area contributed by atoms with Gasteiger partial charge in [0, 0.05) is 12.1 Å². The topological polar surface area (TPSA) is 55.1 Å². The van der Waals surface area contributed by atoms with Crippen LogP contribution in [0.15, 0.2) is 48.5 Å². The number of primary amides is 1. The molecule has 0 saturated heterocycles. The van der Waals surface area contributed by atoms with Crippen molar-refractivity contribution < 1.29 is 9.18 Å². The third-order valence-corrected chi connectivity index (χ3v) is 3.43. The van der Waals surface area contributed by atoms with E-state index in [1.165, 1.54) is 12.1 Å². The van der Waals surface area contributed by atoms with Gasteiger partial charge in [-0.15, -0.1) is 0 Å². The highest BCUT2D eigenvalue weighted by atomic mass is 19.1. The number of aryl methyl sites for hydroxylation is 1. The summed E-state index contributed by atoms with van der Waals surface area (Å²) >= 11 is 0. The molecule has 0 fully saturated rings. The van der Waals surface area contributed by atoms with Crippen molar-refractivity contribution in [2.45, 2.75) is 25.8 Å². The lowest BCUT2D eigenvalue weighted by Crippen LogP contribution is -2.49. The Morgan fingerprint density at radius 3 is 2.57 bits per heavy atom. The first-order valence-corrected chi connectivity index (χ1v) is 6.78. The molecule has 4 heteroatoms. The van der Waals surface area contributed by atoms with E-state index in [-0.39, 0.29) is 5.82 Å². The molecule has 0 heterocycles. The van der Waals surface area contributed by atoms with Crippen LogP contribution in [0, 0.1) is 12.7 Å². The predicted octanol–water partition coefficient (Wildman–Crippen LogP) is 3.03. The van der Waals surface area contributed by atoms with E-state index in [4.69, 9.17) is 5.73 Å². The summed E-state index contributed by atoms with van der Waals surface area (Å²) in [5.74, 6) is -0.803. The smallest absolute Gasteiger partial charge is 0.243 e. The Balaban J connectivity index is 2.26. The molecule has 1 unspecified atom stereocenters. The molecule has 0 aliphatic rings. The number of hydrogen-bond acceptors (Lipinski definition) is 2. The number of carbonyl (C=O) groups excluding carboxylic acids is 1. The lowest BCUT2D eigenvalue weighted by atomic mass is 9.91. The Labute approximate surface area is 124 Å². The number of nitrogens with two attached hydrogens (primary N) is 1. The number of hydrogen-bond donors (Lipinski definition) is 2. The Morgan fingerprint density at radius 2 is 1.95 bits per heavy atom. The Bertz CT molecular complexity index is 607. The first kappa shape index (κ1) is 15.0. The van der Waals surface area contributed by atoms with E-state index in [0.717, 1.165) is 16.8 Å². The monoisotopic (exact) mass is 286 g/mol. The molecule has 0 aromatic heterocycles. The van der Waals surface area contributed by atoms with Crippen LogP contribution in [0.25, 0.3) is 0 Å². The molecular formula is C17H19FN2O. The molecule has 0 aliphatic heterocycles. The molecule has 0 aliphatic carbocycles. The van der Waals surface area contributed by atoms with Crippen LogP contribution in [0.1, 0.15) is 18.1 Å². The number of anilines is 1. The number of carbonyl (C=O) groups is 1. The molecule has 3 nitrogen and oxygen atoms in total. The SMILES string of the molecule is Cc1cccc(NC(C)(Cc2cccc(F)c2)C(N)=O)c1. The Morgan fingerprint density at radius 1 is 1.24 bits per heavy atom. The highest BCUT2D eigenvalue weighted by Gasteiger charge is 2.31. The van der Waals surface area contributed by atoms with Gasteiger partial charge in [-0.3, -0.25) is 4.79 Å². The van der Waals surface area contributed by atoms with E-state index < -0.39 is 11.4 Å². The average Bonchev–Trinajstić information content (AvgIpc) is 2.38. The van der Waals surface area contributed by atoms with E-state index in [1.54, 1.807) is 19.1 Å². The van der Waals surface area contributed by atoms with Crippen LogP contribution in [0.4, 0.5) is 10.1 Å². The van der Waals surface area contributed by atoms with Gasteiger partial charge in [0.1, 0.15) is 11.4 Å². The quantitative estimate of drug-likeness (QED) is 0.887. The molecule has 0 bridgehead atoms. The first-order valence-electron chi connectivity index (χ1n) is 6.78. The van der Waals surface area contributed by atoms with Crippen LogP contribution < -0.4 is 11.1 Å². The van der Waals surface area contributed by atoms with Crippen LogP contribution in [-0.2, 0) is 11.2 Å². The van der Waals surface area contributed by atoms with Crippen LogP contribution in [0.2, 0.25) is 0 Å². The van der Waals surface area contributed by atoms with Crippen LogP contribution >= 0.6 is 0 Å². The molecule has 2 aromatic carbocycles.